The zero-order valence-corrected chi connectivity index (χ0v) is 13.8. The van der Waals surface area contributed by atoms with Crippen LogP contribution in [0.15, 0.2) is 73.1 Å². The molecule has 1 aromatic heterocycles. The van der Waals surface area contributed by atoms with Crippen LogP contribution in [0.1, 0.15) is 34.4 Å². The lowest BCUT2D eigenvalue weighted by Crippen LogP contribution is -2.38. The van der Waals surface area contributed by atoms with Crippen LogP contribution >= 0.6 is 0 Å². The van der Waals surface area contributed by atoms with Crippen LogP contribution in [0.2, 0.25) is 0 Å². The van der Waals surface area contributed by atoms with Crippen LogP contribution in [0, 0.1) is 0 Å². The van der Waals surface area contributed by atoms with Crippen LogP contribution in [0.25, 0.3) is 0 Å². The quantitative estimate of drug-likeness (QED) is 0.771. The van der Waals surface area contributed by atoms with Gasteiger partial charge in [-0.1, -0.05) is 36.4 Å². The van der Waals surface area contributed by atoms with Gasteiger partial charge in [-0.3, -0.25) is 9.88 Å². The zero-order valence-electron chi connectivity index (χ0n) is 13.8. The van der Waals surface area contributed by atoms with Gasteiger partial charge in [0.25, 0.3) is 0 Å². The van der Waals surface area contributed by atoms with Crippen molar-refractivity contribution in [2.75, 3.05) is 6.54 Å². The van der Waals surface area contributed by atoms with E-state index in [1.165, 1.54) is 5.56 Å². The van der Waals surface area contributed by atoms with Gasteiger partial charge in [0.05, 0.1) is 12.1 Å². The molecule has 3 aromatic rings. The number of aromatic nitrogens is 1. The Labute approximate surface area is 147 Å². The number of rotatable bonds is 3. The first-order valence-electron chi connectivity index (χ1n) is 8.41. The molecule has 0 saturated carbocycles. The predicted molar refractivity (Wildman–Crippen MR) is 96.0 cm³/mol. The van der Waals surface area contributed by atoms with Gasteiger partial charge in [-0.15, -0.1) is 0 Å². The fourth-order valence-electron chi connectivity index (χ4n) is 3.63. The number of β-amino-alcohol motifs (C(OH)–C–C–N with tert-alkyl or cyclic N) is 1. The van der Waals surface area contributed by atoms with Crippen molar-refractivity contribution >= 4 is 0 Å². The smallest absolute Gasteiger partial charge is 0.115 e. The lowest BCUT2D eigenvalue weighted by Gasteiger charge is -2.40. The molecule has 2 aromatic carbocycles. The number of aliphatic hydroxyl groups excluding tert-OH is 1. The number of hydrogen-bond donors (Lipinski definition) is 2. The first-order chi connectivity index (χ1) is 12.2. The van der Waals surface area contributed by atoms with Gasteiger partial charge in [0.15, 0.2) is 0 Å². The molecule has 2 heterocycles. The maximum atomic E-state index is 10.6. The molecule has 0 radical (unpaired) electrons. The third-order valence-corrected chi connectivity index (χ3v) is 4.75. The van der Waals surface area contributed by atoms with E-state index in [0.717, 1.165) is 23.2 Å². The highest BCUT2D eigenvalue weighted by atomic mass is 16.3. The van der Waals surface area contributed by atoms with E-state index in [0.29, 0.717) is 6.54 Å². The van der Waals surface area contributed by atoms with Crippen LogP contribution in [0.5, 0.6) is 5.75 Å². The number of pyridine rings is 1. The second-order valence-electron chi connectivity index (χ2n) is 6.43. The Morgan fingerprint density at radius 1 is 0.960 bits per heavy atom. The minimum Gasteiger partial charge on any atom is -0.508 e. The van der Waals surface area contributed by atoms with Crippen molar-refractivity contribution in [1.29, 1.82) is 0 Å². The van der Waals surface area contributed by atoms with Crippen LogP contribution in [0.3, 0.4) is 0 Å². The Morgan fingerprint density at radius 3 is 2.48 bits per heavy atom. The number of phenols is 1. The number of phenolic OH excluding ortho intramolecular Hbond substituents is 1. The van der Waals surface area contributed by atoms with Gasteiger partial charge in [-0.2, -0.15) is 0 Å². The van der Waals surface area contributed by atoms with E-state index in [1.807, 2.05) is 36.4 Å². The van der Waals surface area contributed by atoms with E-state index in [2.05, 4.69) is 22.0 Å². The zero-order chi connectivity index (χ0) is 17.2. The molecule has 0 bridgehead atoms. The van der Waals surface area contributed by atoms with Gasteiger partial charge in [0.2, 0.25) is 0 Å². The minimum atomic E-state index is -0.621. The van der Waals surface area contributed by atoms with E-state index in [9.17, 15) is 10.2 Å². The monoisotopic (exact) mass is 332 g/mol. The molecule has 4 rings (SSSR count). The predicted octanol–water partition coefficient (Wildman–Crippen LogP) is 3.43. The van der Waals surface area contributed by atoms with Crippen LogP contribution in [0.4, 0.5) is 0 Å². The Balaban J connectivity index is 1.79. The summed E-state index contributed by atoms with van der Waals surface area (Å²) in [5, 5.41) is 20.5. The van der Waals surface area contributed by atoms with Crippen molar-refractivity contribution in [1.82, 2.24) is 9.88 Å². The van der Waals surface area contributed by atoms with E-state index in [1.54, 1.807) is 24.5 Å². The Bertz CT molecular complexity index is 852. The summed E-state index contributed by atoms with van der Waals surface area (Å²) in [5.41, 5.74) is 4.16. The van der Waals surface area contributed by atoms with Crippen molar-refractivity contribution in [2.45, 2.75) is 18.7 Å². The first kappa shape index (κ1) is 15.8. The summed E-state index contributed by atoms with van der Waals surface area (Å²) in [7, 11) is 0. The molecule has 1 aliphatic heterocycles. The summed E-state index contributed by atoms with van der Waals surface area (Å²) in [6.07, 6.45) is 2.96. The molecule has 2 atom stereocenters. The number of benzene rings is 2. The lowest BCUT2D eigenvalue weighted by molar-refractivity contribution is 0.0726. The summed E-state index contributed by atoms with van der Waals surface area (Å²) < 4.78 is 0. The van der Waals surface area contributed by atoms with Gasteiger partial charge in [-0.25, -0.2) is 0 Å². The number of nitrogens with zero attached hydrogens (tertiary/aromatic N) is 2. The van der Waals surface area contributed by atoms with Crippen molar-refractivity contribution < 1.29 is 10.2 Å². The van der Waals surface area contributed by atoms with Gasteiger partial charge in [-0.05, 0) is 46.5 Å². The van der Waals surface area contributed by atoms with Crippen LogP contribution in [-0.2, 0) is 6.54 Å². The fourth-order valence-corrected chi connectivity index (χ4v) is 3.63. The summed E-state index contributed by atoms with van der Waals surface area (Å²) in [6.45, 7) is 1.25. The average Bonchev–Trinajstić information content (AvgIpc) is 2.64. The molecule has 2 N–H and O–H groups in total. The second kappa shape index (κ2) is 6.67. The highest BCUT2D eigenvalue weighted by molar-refractivity contribution is 5.44. The SMILES string of the molecule is Oc1ccc2c(c1)[C@H](O)CN(Cc1ccccc1)[C@@H]2c1ccncc1. The fraction of sp³-hybridized carbons (Fsp3) is 0.190. The van der Waals surface area contributed by atoms with E-state index >= 15 is 0 Å². The molecular weight excluding hydrogens is 312 g/mol. The molecular formula is C21H20N2O2. The summed E-state index contributed by atoms with van der Waals surface area (Å²) in [4.78, 5) is 6.40. The van der Waals surface area contributed by atoms with Crippen molar-refractivity contribution in [2.24, 2.45) is 0 Å². The summed E-state index contributed by atoms with van der Waals surface area (Å²) in [5.74, 6) is 0.183. The van der Waals surface area contributed by atoms with Gasteiger partial charge in [0.1, 0.15) is 5.75 Å². The summed E-state index contributed by atoms with van der Waals surface area (Å²) in [6, 6.07) is 19.6. The van der Waals surface area contributed by atoms with E-state index < -0.39 is 6.10 Å². The van der Waals surface area contributed by atoms with Crippen molar-refractivity contribution in [3.63, 3.8) is 0 Å². The molecule has 126 valence electrons. The molecule has 25 heavy (non-hydrogen) atoms. The molecule has 0 saturated heterocycles. The highest BCUT2D eigenvalue weighted by Gasteiger charge is 2.33. The number of fused-ring (bicyclic) bond motifs is 1. The molecule has 0 spiro atoms. The summed E-state index contributed by atoms with van der Waals surface area (Å²) >= 11 is 0. The average molecular weight is 332 g/mol. The van der Waals surface area contributed by atoms with E-state index in [4.69, 9.17) is 0 Å². The molecule has 0 unspecified atom stereocenters. The third kappa shape index (κ3) is 3.14. The van der Waals surface area contributed by atoms with E-state index in [-0.39, 0.29) is 11.8 Å². The second-order valence-corrected chi connectivity index (χ2v) is 6.43. The van der Waals surface area contributed by atoms with Gasteiger partial charge < -0.3 is 10.2 Å². The number of hydrogen-bond acceptors (Lipinski definition) is 4. The number of aliphatic hydroxyl groups is 1. The lowest BCUT2D eigenvalue weighted by atomic mass is 9.86. The topological polar surface area (TPSA) is 56.6 Å². The molecule has 0 aliphatic carbocycles. The van der Waals surface area contributed by atoms with Crippen molar-refractivity contribution in [3.05, 3.63) is 95.3 Å². The first-order valence-corrected chi connectivity index (χ1v) is 8.41. The molecule has 1 aliphatic rings. The van der Waals surface area contributed by atoms with Crippen LogP contribution < -0.4 is 0 Å². The van der Waals surface area contributed by atoms with Gasteiger partial charge in [0, 0.05) is 25.5 Å². The maximum Gasteiger partial charge on any atom is 0.115 e. The Morgan fingerprint density at radius 2 is 1.72 bits per heavy atom. The largest absolute Gasteiger partial charge is 0.508 e. The van der Waals surface area contributed by atoms with Gasteiger partial charge >= 0.3 is 0 Å². The maximum absolute atomic E-state index is 10.6. The molecule has 0 fully saturated rings. The highest BCUT2D eigenvalue weighted by Crippen LogP contribution is 2.40. The standard InChI is InChI=1S/C21H20N2O2/c24-17-6-7-18-19(12-17)20(25)14-23(13-15-4-2-1-3-5-15)21(18)16-8-10-22-11-9-16/h1-12,20-21,24-25H,13-14H2/t20-,21-/m1/s1. The van der Waals surface area contributed by atoms with Crippen LogP contribution in [-0.4, -0.2) is 26.6 Å². The normalized spacial score (nSPS) is 20.2. The molecule has 4 heteroatoms. The van der Waals surface area contributed by atoms with Crippen molar-refractivity contribution in [3.8, 4) is 5.75 Å². The Hall–Kier alpha value is -2.69. The molecule has 4 nitrogen and oxygen atoms in total. The number of aromatic hydroxyl groups is 1. The Kier molecular flexibility index (Phi) is 4.22. The third-order valence-electron chi connectivity index (χ3n) is 4.75. The minimum absolute atomic E-state index is 0.0159. The molecule has 0 amide bonds.